The van der Waals surface area contributed by atoms with Crippen molar-refractivity contribution in [2.75, 3.05) is 23.3 Å². The minimum absolute atomic E-state index is 0. The van der Waals surface area contributed by atoms with Crippen LogP contribution < -0.4 is 10.2 Å². The molecular formula is C23H23Cl2FN6O2. The molecule has 0 radical (unpaired) electrons. The van der Waals surface area contributed by atoms with E-state index in [9.17, 15) is 9.18 Å². The Morgan fingerprint density at radius 1 is 1.06 bits per heavy atom. The summed E-state index contributed by atoms with van der Waals surface area (Å²) in [7, 11) is 0. The van der Waals surface area contributed by atoms with Crippen LogP contribution in [0.1, 0.15) is 25.7 Å². The van der Waals surface area contributed by atoms with Crippen LogP contribution in [0.2, 0.25) is 5.15 Å². The second-order valence-electron chi connectivity index (χ2n) is 8.46. The fraction of sp³-hybridized carbons (Fsp3) is 0.348. The lowest BCUT2D eigenvalue weighted by molar-refractivity contribution is 0.0148. The number of amides is 1. The molecule has 0 atom stereocenters. The number of benzene rings is 1. The standard InChI is InChI=1S/C23H22ClFN6O2.ClH/c24-19-6-8-21(30-28-19)31-14-23(33-22(31)32)11-9-15(10-12-23)13-26-20-7-5-18(27-29-20)16-3-1-2-4-17(16)25;/h1-8,15H,9-14H2,(H,26,29);1H. The average Bonchev–Trinajstić information content (AvgIpc) is 3.15. The molecule has 2 aliphatic rings. The maximum Gasteiger partial charge on any atom is 0.416 e. The van der Waals surface area contributed by atoms with Crippen LogP contribution in [-0.2, 0) is 4.74 Å². The molecule has 1 aliphatic carbocycles. The van der Waals surface area contributed by atoms with E-state index >= 15 is 0 Å². The normalized spacial score (nSPS) is 21.8. The van der Waals surface area contributed by atoms with Gasteiger partial charge in [0.05, 0.1) is 12.2 Å². The SMILES string of the molecule is Cl.O=C1OC2(CCC(CNc3ccc(-c4ccccc4F)nn3)CC2)CN1c1ccc(Cl)nn1. The molecule has 1 saturated carbocycles. The van der Waals surface area contributed by atoms with E-state index in [2.05, 4.69) is 25.7 Å². The van der Waals surface area contributed by atoms with Crippen LogP contribution in [-0.4, -0.2) is 45.2 Å². The number of nitrogens with zero attached hydrogens (tertiary/aromatic N) is 5. The molecule has 1 aromatic carbocycles. The molecule has 0 unspecified atom stereocenters. The first kappa shape index (κ1) is 24.1. The molecule has 1 N–H and O–H groups in total. The molecule has 2 fully saturated rings. The van der Waals surface area contributed by atoms with Gasteiger partial charge in [-0.2, -0.15) is 0 Å². The highest BCUT2D eigenvalue weighted by atomic mass is 35.5. The van der Waals surface area contributed by atoms with Gasteiger partial charge in [-0.1, -0.05) is 23.7 Å². The zero-order chi connectivity index (χ0) is 22.8. The monoisotopic (exact) mass is 504 g/mol. The molecule has 1 aliphatic heterocycles. The highest BCUT2D eigenvalue weighted by Gasteiger charge is 2.48. The van der Waals surface area contributed by atoms with E-state index < -0.39 is 11.7 Å². The molecule has 11 heteroatoms. The first-order valence-corrected chi connectivity index (χ1v) is 11.2. The summed E-state index contributed by atoms with van der Waals surface area (Å²) in [4.78, 5) is 14.0. The Kier molecular flexibility index (Phi) is 7.13. The van der Waals surface area contributed by atoms with E-state index in [1.165, 1.54) is 11.0 Å². The van der Waals surface area contributed by atoms with Crippen LogP contribution in [0.3, 0.4) is 0 Å². The molecule has 178 valence electrons. The zero-order valence-corrected chi connectivity index (χ0v) is 19.7. The van der Waals surface area contributed by atoms with E-state index in [4.69, 9.17) is 16.3 Å². The fourth-order valence-corrected chi connectivity index (χ4v) is 4.51. The largest absolute Gasteiger partial charge is 0.441 e. The van der Waals surface area contributed by atoms with Crippen molar-refractivity contribution in [2.45, 2.75) is 31.3 Å². The number of anilines is 2. The number of nitrogens with one attached hydrogen (secondary N) is 1. The first-order valence-electron chi connectivity index (χ1n) is 10.8. The third-order valence-corrected chi connectivity index (χ3v) is 6.47. The number of carbonyl (C=O) groups excluding carboxylic acids is 1. The van der Waals surface area contributed by atoms with E-state index in [1.54, 1.807) is 36.4 Å². The van der Waals surface area contributed by atoms with E-state index in [0.29, 0.717) is 35.4 Å². The third kappa shape index (κ3) is 5.05. The Bertz CT molecular complexity index is 1140. The van der Waals surface area contributed by atoms with Gasteiger partial charge >= 0.3 is 6.09 Å². The van der Waals surface area contributed by atoms with Gasteiger partial charge in [0.2, 0.25) is 0 Å². The van der Waals surface area contributed by atoms with Crippen molar-refractivity contribution in [1.29, 1.82) is 0 Å². The second-order valence-corrected chi connectivity index (χ2v) is 8.85. The van der Waals surface area contributed by atoms with Gasteiger partial charge < -0.3 is 10.1 Å². The number of rotatable bonds is 5. The Labute approximate surface area is 207 Å². The summed E-state index contributed by atoms with van der Waals surface area (Å²) in [5.41, 5.74) is 0.436. The van der Waals surface area contributed by atoms with E-state index in [0.717, 1.165) is 32.2 Å². The number of carbonyl (C=O) groups is 1. The van der Waals surface area contributed by atoms with Crippen LogP contribution >= 0.6 is 24.0 Å². The lowest BCUT2D eigenvalue weighted by atomic mass is 9.78. The van der Waals surface area contributed by atoms with Gasteiger partial charge in [0.1, 0.15) is 17.2 Å². The zero-order valence-electron chi connectivity index (χ0n) is 18.2. The van der Waals surface area contributed by atoms with Gasteiger partial charge in [-0.15, -0.1) is 32.8 Å². The molecule has 0 bridgehead atoms. The number of ether oxygens (including phenoxy) is 1. The fourth-order valence-electron chi connectivity index (χ4n) is 4.41. The van der Waals surface area contributed by atoms with Gasteiger partial charge in [-0.25, -0.2) is 9.18 Å². The topological polar surface area (TPSA) is 93.1 Å². The number of aromatic nitrogens is 4. The summed E-state index contributed by atoms with van der Waals surface area (Å²) in [6, 6.07) is 13.3. The quantitative estimate of drug-likeness (QED) is 0.513. The third-order valence-electron chi connectivity index (χ3n) is 6.27. The minimum Gasteiger partial charge on any atom is -0.441 e. The predicted molar refractivity (Wildman–Crippen MR) is 129 cm³/mol. The Hall–Kier alpha value is -3.04. The smallest absolute Gasteiger partial charge is 0.416 e. The summed E-state index contributed by atoms with van der Waals surface area (Å²) in [5.74, 6) is 1.20. The van der Waals surface area contributed by atoms with E-state index in [1.807, 2.05) is 6.07 Å². The lowest BCUT2D eigenvalue weighted by Gasteiger charge is -2.35. The summed E-state index contributed by atoms with van der Waals surface area (Å²) >= 11 is 5.79. The van der Waals surface area contributed by atoms with Gasteiger partial charge in [0.25, 0.3) is 0 Å². The van der Waals surface area contributed by atoms with Crippen LogP contribution in [0.5, 0.6) is 0 Å². The molecule has 5 rings (SSSR count). The van der Waals surface area contributed by atoms with Crippen molar-refractivity contribution in [3.05, 3.63) is 59.5 Å². The average molecular weight is 505 g/mol. The molecule has 2 aromatic heterocycles. The number of hydrogen-bond acceptors (Lipinski definition) is 7. The van der Waals surface area contributed by atoms with E-state index in [-0.39, 0.29) is 23.4 Å². The summed E-state index contributed by atoms with van der Waals surface area (Å²) in [5, 5.41) is 19.7. The Morgan fingerprint density at radius 2 is 1.85 bits per heavy atom. The van der Waals surface area contributed by atoms with Crippen molar-refractivity contribution in [3.63, 3.8) is 0 Å². The van der Waals surface area contributed by atoms with Crippen molar-refractivity contribution in [3.8, 4) is 11.3 Å². The van der Waals surface area contributed by atoms with Crippen LogP contribution in [0.15, 0.2) is 48.5 Å². The van der Waals surface area contributed by atoms with Crippen molar-refractivity contribution < 1.29 is 13.9 Å². The molecule has 3 heterocycles. The maximum atomic E-state index is 13.9. The second kappa shape index (κ2) is 10.1. The van der Waals surface area contributed by atoms with Crippen molar-refractivity contribution in [1.82, 2.24) is 20.4 Å². The Morgan fingerprint density at radius 3 is 2.53 bits per heavy atom. The molecular weight excluding hydrogens is 482 g/mol. The van der Waals surface area contributed by atoms with Gasteiger partial charge in [0, 0.05) is 12.1 Å². The van der Waals surface area contributed by atoms with Crippen LogP contribution in [0.4, 0.5) is 20.8 Å². The molecule has 1 amide bonds. The molecule has 8 nitrogen and oxygen atoms in total. The Balaban J connectivity index is 0.00000274. The minimum atomic E-state index is -0.490. The number of halogens is 3. The summed E-state index contributed by atoms with van der Waals surface area (Å²) in [6.45, 7) is 1.20. The van der Waals surface area contributed by atoms with Crippen LogP contribution in [0, 0.1) is 11.7 Å². The lowest BCUT2D eigenvalue weighted by Crippen LogP contribution is -2.39. The highest BCUT2D eigenvalue weighted by Crippen LogP contribution is 2.40. The molecule has 1 spiro atoms. The molecule has 34 heavy (non-hydrogen) atoms. The van der Waals surface area contributed by atoms with Gasteiger partial charge in [0.15, 0.2) is 11.0 Å². The first-order chi connectivity index (χ1) is 16.0. The van der Waals surface area contributed by atoms with Crippen molar-refractivity contribution in [2.24, 2.45) is 5.92 Å². The van der Waals surface area contributed by atoms with Crippen molar-refractivity contribution >= 4 is 41.7 Å². The number of hydrogen-bond donors (Lipinski definition) is 1. The molecule has 3 aromatic rings. The van der Waals surface area contributed by atoms with Crippen LogP contribution in [0.25, 0.3) is 11.3 Å². The highest BCUT2D eigenvalue weighted by molar-refractivity contribution is 6.29. The summed E-state index contributed by atoms with van der Waals surface area (Å²) in [6.07, 6.45) is 3.00. The maximum absolute atomic E-state index is 13.9. The predicted octanol–water partition coefficient (Wildman–Crippen LogP) is 5.15. The van der Waals surface area contributed by atoms with Gasteiger partial charge in [-0.05, 0) is 68.0 Å². The van der Waals surface area contributed by atoms with Gasteiger partial charge in [-0.3, -0.25) is 4.90 Å². The summed E-state index contributed by atoms with van der Waals surface area (Å²) < 4.78 is 19.7. The molecule has 1 saturated heterocycles.